The van der Waals surface area contributed by atoms with Crippen LogP contribution in [-0.2, 0) is 17.9 Å². The number of hydroxylamine groups is 1. The average molecular weight is 154 g/mol. The Morgan fingerprint density at radius 3 is 3.09 bits per heavy atom. The highest BCUT2D eigenvalue weighted by Crippen LogP contribution is 2.00. The smallest absolute Gasteiger partial charge is 0.0613 e. The number of hydrogen-bond acceptors (Lipinski definition) is 2. The van der Waals surface area contributed by atoms with Crippen molar-refractivity contribution in [2.45, 2.75) is 20.0 Å². The van der Waals surface area contributed by atoms with E-state index in [4.69, 9.17) is 4.84 Å². The molecule has 0 aliphatic carbocycles. The first-order chi connectivity index (χ1) is 5.38. The van der Waals surface area contributed by atoms with E-state index in [2.05, 4.69) is 29.2 Å². The summed E-state index contributed by atoms with van der Waals surface area (Å²) in [6, 6.07) is 4.12. The van der Waals surface area contributed by atoms with Gasteiger partial charge in [-0.15, -0.1) is 0 Å². The number of aromatic nitrogens is 1. The minimum absolute atomic E-state index is 0.761. The summed E-state index contributed by atoms with van der Waals surface area (Å²) in [6.45, 7) is 3.89. The summed E-state index contributed by atoms with van der Waals surface area (Å²) in [5.74, 6) is 0. The fourth-order valence-electron chi connectivity index (χ4n) is 1.06. The fourth-order valence-corrected chi connectivity index (χ4v) is 1.06. The van der Waals surface area contributed by atoms with Crippen LogP contribution in [0.25, 0.3) is 0 Å². The van der Waals surface area contributed by atoms with Crippen molar-refractivity contribution in [1.29, 1.82) is 0 Å². The Labute approximate surface area is 66.9 Å². The lowest BCUT2D eigenvalue weighted by Crippen LogP contribution is -2.13. The van der Waals surface area contributed by atoms with Crippen LogP contribution in [0.2, 0.25) is 0 Å². The Bertz CT molecular complexity index is 208. The van der Waals surface area contributed by atoms with Gasteiger partial charge in [-0.1, -0.05) is 0 Å². The van der Waals surface area contributed by atoms with Crippen LogP contribution in [0.5, 0.6) is 0 Å². The molecule has 11 heavy (non-hydrogen) atoms. The van der Waals surface area contributed by atoms with Crippen molar-refractivity contribution in [2.24, 2.45) is 0 Å². The molecule has 1 rings (SSSR count). The van der Waals surface area contributed by atoms with Crippen LogP contribution < -0.4 is 5.48 Å². The van der Waals surface area contributed by atoms with E-state index < -0.39 is 0 Å². The minimum atomic E-state index is 0.761. The van der Waals surface area contributed by atoms with Gasteiger partial charge in [0.25, 0.3) is 0 Å². The highest BCUT2D eigenvalue weighted by Gasteiger charge is 1.96. The number of aryl methyl sites for hydroxylation is 1. The molecule has 0 bridgehead atoms. The molecule has 0 radical (unpaired) electrons. The lowest BCUT2D eigenvalue weighted by atomic mass is 10.4. The first-order valence-corrected chi connectivity index (χ1v) is 3.78. The van der Waals surface area contributed by atoms with Crippen molar-refractivity contribution in [3.8, 4) is 0 Å². The summed E-state index contributed by atoms with van der Waals surface area (Å²) in [7, 11) is 1.62. The molecule has 0 unspecified atom stereocenters. The Balaban J connectivity index is 2.54. The number of nitrogens with one attached hydrogen (secondary N) is 1. The summed E-state index contributed by atoms with van der Waals surface area (Å²) < 4.78 is 2.17. The molecule has 0 saturated heterocycles. The van der Waals surface area contributed by atoms with Gasteiger partial charge in [0.1, 0.15) is 0 Å². The molecule has 0 aliphatic heterocycles. The van der Waals surface area contributed by atoms with E-state index in [9.17, 15) is 0 Å². The predicted molar refractivity (Wildman–Crippen MR) is 44.0 cm³/mol. The van der Waals surface area contributed by atoms with Gasteiger partial charge in [0, 0.05) is 18.4 Å². The Morgan fingerprint density at radius 1 is 1.64 bits per heavy atom. The molecule has 0 atom stereocenters. The third-order valence-corrected chi connectivity index (χ3v) is 1.66. The van der Waals surface area contributed by atoms with Gasteiger partial charge < -0.3 is 9.40 Å². The molecule has 3 heteroatoms. The van der Waals surface area contributed by atoms with Crippen LogP contribution in [-0.4, -0.2) is 11.7 Å². The van der Waals surface area contributed by atoms with E-state index in [1.165, 1.54) is 5.69 Å². The van der Waals surface area contributed by atoms with E-state index in [0.717, 1.165) is 13.1 Å². The van der Waals surface area contributed by atoms with E-state index in [0.29, 0.717) is 0 Å². The Morgan fingerprint density at radius 2 is 2.45 bits per heavy atom. The molecule has 62 valence electrons. The zero-order valence-electron chi connectivity index (χ0n) is 7.00. The quantitative estimate of drug-likeness (QED) is 0.659. The summed E-state index contributed by atoms with van der Waals surface area (Å²) in [5, 5.41) is 0. The van der Waals surface area contributed by atoms with Crippen LogP contribution in [0, 0.1) is 0 Å². The molecule has 0 fully saturated rings. The zero-order chi connectivity index (χ0) is 8.10. The predicted octanol–water partition coefficient (Wildman–Crippen LogP) is 1.16. The summed E-state index contributed by atoms with van der Waals surface area (Å²) in [5.41, 5.74) is 4.05. The molecule has 1 aromatic rings. The van der Waals surface area contributed by atoms with Gasteiger partial charge in [-0.05, 0) is 19.1 Å². The molecule has 1 heterocycles. The minimum Gasteiger partial charge on any atom is -0.350 e. The molecule has 0 spiro atoms. The van der Waals surface area contributed by atoms with Gasteiger partial charge in [-0.25, -0.2) is 0 Å². The molecule has 0 amide bonds. The SMILES string of the molecule is CCn1cccc1CNOC. The van der Waals surface area contributed by atoms with E-state index >= 15 is 0 Å². The maximum Gasteiger partial charge on any atom is 0.0613 e. The second kappa shape index (κ2) is 4.16. The first-order valence-electron chi connectivity index (χ1n) is 3.78. The highest BCUT2D eigenvalue weighted by atomic mass is 16.6. The molecular formula is C8H14N2O. The average Bonchev–Trinajstić information content (AvgIpc) is 2.47. The molecular weight excluding hydrogens is 140 g/mol. The van der Waals surface area contributed by atoms with Gasteiger partial charge in [-0.2, -0.15) is 5.48 Å². The second-order valence-corrected chi connectivity index (χ2v) is 2.31. The third-order valence-electron chi connectivity index (χ3n) is 1.66. The van der Waals surface area contributed by atoms with Crippen molar-refractivity contribution in [3.05, 3.63) is 24.0 Å². The van der Waals surface area contributed by atoms with Gasteiger partial charge in [0.05, 0.1) is 13.7 Å². The summed E-state index contributed by atoms with van der Waals surface area (Å²) in [6.07, 6.45) is 2.06. The molecule has 1 N–H and O–H groups in total. The van der Waals surface area contributed by atoms with Crippen molar-refractivity contribution in [2.75, 3.05) is 7.11 Å². The van der Waals surface area contributed by atoms with E-state index in [-0.39, 0.29) is 0 Å². The molecule has 0 aromatic carbocycles. The van der Waals surface area contributed by atoms with Crippen molar-refractivity contribution in [3.63, 3.8) is 0 Å². The number of rotatable bonds is 4. The van der Waals surface area contributed by atoms with Crippen molar-refractivity contribution >= 4 is 0 Å². The highest BCUT2D eigenvalue weighted by molar-refractivity contribution is 5.06. The maximum absolute atomic E-state index is 4.75. The van der Waals surface area contributed by atoms with Gasteiger partial charge in [0.2, 0.25) is 0 Å². The molecule has 3 nitrogen and oxygen atoms in total. The molecule has 1 aromatic heterocycles. The molecule has 0 aliphatic rings. The van der Waals surface area contributed by atoms with Crippen molar-refractivity contribution < 1.29 is 4.84 Å². The van der Waals surface area contributed by atoms with Crippen LogP contribution in [0.3, 0.4) is 0 Å². The van der Waals surface area contributed by atoms with E-state index in [1.54, 1.807) is 7.11 Å². The first kappa shape index (κ1) is 8.30. The van der Waals surface area contributed by atoms with Gasteiger partial charge >= 0.3 is 0 Å². The van der Waals surface area contributed by atoms with E-state index in [1.807, 2.05) is 6.07 Å². The van der Waals surface area contributed by atoms with Crippen molar-refractivity contribution in [1.82, 2.24) is 10.0 Å². The summed E-state index contributed by atoms with van der Waals surface area (Å²) in [4.78, 5) is 4.75. The number of nitrogens with zero attached hydrogens (tertiary/aromatic N) is 1. The zero-order valence-corrected chi connectivity index (χ0v) is 7.00. The molecule has 0 saturated carbocycles. The lowest BCUT2D eigenvalue weighted by molar-refractivity contribution is 0.0851. The van der Waals surface area contributed by atoms with Gasteiger partial charge in [-0.3, -0.25) is 0 Å². The third kappa shape index (κ3) is 2.06. The second-order valence-electron chi connectivity index (χ2n) is 2.31. The standard InChI is InChI=1S/C8H14N2O/c1-3-10-6-4-5-8(10)7-9-11-2/h4-6,9H,3,7H2,1-2H3. The van der Waals surface area contributed by atoms with Crippen LogP contribution in [0.1, 0.15) is 12.6 Å². The Kier molecular flexibility index (Phi) is 3.14. The normalized spacial score (nSPS) is 10.4. The maximum atomic E-state index is 4.75. The lowest BCUT2D eigenvalue weighted by Gasteiger charge is -2.05. The van der Waals surface area contributed by atoms with Crippen LogP contribution in [0.4, 0.5) is 0 Å². The fraction of sp³-hybridized carbons (Fsp3) is 0.500. The monoisotopic (exact) mass is 154 g/mol. The van der Waals surface area contributed by atoms with Gasteiger partial charge in [0.15, 0.2) is 0 Å². The number of hydrogen-bond donors (Lipinski definition) is 1. The largest absolute Gasteiger partial charge is 0.350 e. The summed E-state index contributed by atoms with van der Waals surface area (Å²) >= 11 is 0. The van der Waals surface area contributed by atoms with Crippen LogP contribution in [0.15, 0.2) is 18.3 Å². The Hall–Kier alpha value is -0.800. The van der Waals surface area contributed by atoms with Crippen LogP contribution >= 0.6 is 0 Å². The topological polar surface area (TPSA) is 26.2 Å².